The molecule has 0 saturated heterocycles. The fourth-order valence-corrected chi connectivity index (χ4v) is 3.27. The number of fused-ring (bicyclic) bond motifs is 1. The standard InChI is InChI=1S/C15H8BClN2O5S/c17-8-1-2-10-7(5-8)6-9(15(20)23-10)14-18-13(19-24-14)11-3-4-12(25-11)16(21)22/h1-6,21-22H. The number of halogens is 1. The van der Waals surface area contributed by atoms with Crippen LogP contribution in [-0.2, 0) is 0 Å². The number of hydrogen-bond donors (Lipinski definition) is 2. The lowest BCUT2D eigenvalue weighted by atomic mass is 9.90. The average Bonchev–Trinajstić information content (AvgIpc) is 3.23. The van der Waals surface area contributed by atoms with Crippen molar-refractivity contribution in [1.82, 2.24) is 10.1 Å². The normalized spacial score (nSPS) is 11.2. The molecule has 0 unspecified atom stereocenters. The second-order valence-corrected chi connectivity index (χ2v) is 6.68. The van der Waals surface area contributed by atoms with Crippen LogP contribution in [-0.4, -0.2) is 27.3 Å². The van der Waals surface area contributed by atoms with Gasteiger partial charge in [0, 0.05) is 15.2 Å². The van der Waals surface area contributed by atoms with Crippen LogP contribution < -0.4 is 10.4 Å². The van der Waals surface area contributed by atoms with E-state index >= 15 is 0 Å². The molecule has 0 spiro atoms. The third-order valence-corrected chi connectivity index (χ3v) is 4.81. The van der Waals surface area contributed by atoms with Crippen molar-refractivity contribution < 1.29 is 19.0 Å². The van der Waals surface area contributed by atoms with Crippen LogP contribution in [0.1, 0.15) is 0 Å². The maximum Gasteiger partial charge on any atom is 0.499 e. The van der Waals surface area contributed by atoms with Gasteiger partial charge in [0.05, 0.1) is 4.88 Å². The molecule has 0 bridgehead atoms. The van der Waals surface area contributed by atoms with Crippen LogP contribution in [0.25, 0.3) is 33.1 Å². The molecule has 0 aliphatic carbocycles. The molecule has 10 heteroatoms. The van der Waals surface area contributed by atoms with Crippen molar-refractivity contribution in [2.75, 3.05) is 0 Å². The minimum Gasteiger partial charge on any atom is -0.423 e. The van der Waals surface area contributed by atoms with E-state index in [1.165, 1.54) is 0 Å². The SMILES string of the molecule is O=c1oc2ccc(Cl)cc2cc1-c1nc(-c2ccc(B(O)O)s2)no1. The molecule has 124 valence electrons. The van der Waals surface area contributed by atoms with Gasteiger partial charge in [0.1, 0.15) is 11.1 Å². The van der Waals surface area contributed by atoms with Gasteiger partial charge in [0.25, 0.3) is 5.89 Å². The molecule has 4 aromatic rings. The maximum absolute atomic E-state index is 12.2. The number of aromatic nitrogens is 2. The van der Waals surface area contributed by atoms with Gasteiger partial charge in [-0.05, 0) is 30.3 Å². The van der Waals surface area contributed by atoms with E-state index in [1.54, 1.807) is 36.4 Å². The van der Waals surface area contributed by atoms with Gasteiger partial charge >= 0.3 is 12.7 Å². The Morgan fingerprint density at radius 1 is 1.16 bits per heavy atom. The van der Waals surface area contributed by atoms with Gasteiger partial charge in [-0.15, -0.1) is 11.3 Å². The highest BCUT2D eigenvalue weighted by molar-refractivity contribution is 7.24. The zero-order chi connectivity index (χ0) is 17.6. The van der Waals surface area contributed by atoms with Crippen LogP contribution >= 0.6 is 22.9 Å². The Hall–Kier alpha value is -2.46. The molecule has 0 radical (unpaired) electrons. The lowest BCUT2D eigenvalue weighted by Crippen LogP contribution is -2.26. The van der Waals surface area contributed by atoms with E-state index in [9.17, 15) is 4.79 Å². The van der Waals surface area contributed by atoms with Crippen LogP contribution in [0.5, 0.6) is 0 Å². The molecule has 0 aliphatic rings. The number of nitrogens with zero attached hydrogens (tertiary/aromatic N) is 2. The molecular weight excluding hydrogens is 367 g/mol. The first-order chi connectivity index (χ1) is 12.0. The van der Waals surface area contributed by atoms with Gasteiger partial charge in [-0.2, -0.15) is 4.98 Å². The van der Waals surface area contributed by atoms with E-state index < -0.39 is 12.7 Å². The zero-order valence-corrected chi connectivity index (χ0v) is 13.9. The first-order valence-electron chi connectivity index (χ1n) is 7.05. The minimum atomic E-state index is -1.57. The topological polar surface area (TPSA) is 110 Å². The van der Waals surface area contributed by atoms with Crippen molar-refractivity contribution >= 4 is 45.8 Å². The van der Waals surface area contributed by atoms with Crippen molar-refractivity contribution in [1.29, 1.82) is 0 Å². The van der Waals surface area contributed by atoms with E-state index in [1.807, 2.05) is 0 Å². The molecule has 0 atom stereocenters. The average molecular weight is 375 g/mol. The van der Waals surface area contributed by atoms with Crippen molar-refractivity contribution in [3.05, 3.63) is 51.8 Å². The van der Waals surface area contributed by atoms with Crippen molar-refractivity contribution in [3.63, 3.8) is 0 Å². The summed E-state index contributed by atoms with van der Waals surface area (Å²) in [5.41, 5.74) is -0.0899. The quantitative estimate of drug-likeness (QED) is 0.416. The predicted molar refractivity (Wildman–Crippen MR) is 93.9 cm³/mol. The predicted octanol–water partition coefficient (Wildman–Crippen LogP) is 1.90. The summed E-state index contributed by atoms with van der Waals surface area (Å²) in [6.45, 7) is 0. The molecule has 3 heterocycles. The molecule has 0 aliphatic heterocycles. The Kier molecular flexibility index (Phi) is 3.93. The number of hydrogen-bond acceptors (Lipinski definition) is 8. The third-order valence-electron chi connectivity index (χ3n) is 3.45. The summed E-state index contributed by atoms with van der Waals surface area (Å²) >= 11 is 7.07. The third kappa shape index (κ3) is 2.98. The Morgan fingerprint density at radius 2 is 2.00 bits per heavy atom. The van der Waals surface area contributed by atoms with E-state index in [2.05, 4.69) is 10.1 Å². The van der Waals surface area contributed by atoms with Gasteiger partial charge < -0.3 is 19.0 Å². The van der Waals surface area contributed by atoms with Gasteiger partial charge in [-0.1, -0.05) is 22.8 Å². The van der Waals surface area contributed by atoms with Crippen molar-refractivity contribution in [2.45, 2.75) is 0 Å². The smallest absolute Gasteiger partial charge is 0.423 e. The highest BCUT2D eigenvalue weighted by Gasteiger charge is 2.19. The van der Waals surface area contributed by atoms with Crippen molar-refractivity contribution in [3.8, 4) is 22.2 Å². The molecule has 1 aromatic carbocycles. The van der Waals surface area contributed by atoms with Gasteiger partial charge in [-0.25, -0.2) is 4.79 Å². The van der Waals surface area contributed by atoms with Crippen LogP contribution in [0, 0.1) is 0 Å². The lowest BCUT2D eigenvalue weighted by Gasteiger charge is -1.98. The molecule has 25 heavy (non-hydrogen) atoms. The monoisotopic (exact) mass is 374 g/mol. The molecule has 0 fully saturated rings. The number of rotatable bonds is 3. The second-order valence-electron chi connectivity index (χ2n) is 5.13. The van der Waals surface area contributed by atoms with Crippen LogP contribution in [0.15, 0.2) is 50.1 Å². The lowest BCUT2D eigenvalue weighted by molar-refractivity contribution is 0.426. The van der Waals surface area contributed by atoms with E-state index in [-0.39, 0.29) is 17.3 Å². The molecule has 7 nitrogen and oxygen atoms in total. The molecular formula is C15H8BClN2O5S. The summed E-state index contributed by atoms with van der Waals surface area (Å²) in [5.74, 6) is 0.239. The van der Waals surface area contributed by atoms with E-state index in [4.69, 9.17) is 30.6 Å². The Morgan fingerprint density at radius 3 is 2.76 bits per heavy atom. The van der Waals surface area contributed by atoms with Gasteiger partial charge in [-0.3, -0.25) is 0 Å². The molecule has 3 aromatic heterocycles. The largest absolute Gasteiger partial charge is 0.499 e. The van der Waals surface area contributed by atoms with Crippen LogP contribution in [0.2, 0.25) is 5.02 Å². The summed E-state index contributed by atoms with van der Waals surface area (Å²) < 4.78 is 10.8. The molecule has 4 rings (SSSR count). The fourth-order valence-electron chi connectivity index (χ4n) is 2.29. The summed E-state index contributed by atoms with van der Waals surface area (Å²) in [7, 11) is -1.57. The summed E-state index contributed by atoms with van der Waals surface area (Å²) in [4.78, 5) is 16.9. The first kappa shape index (κ1) is 16.0. The first-order valence-corrected chi connectivity index (χ1v) is 8.24. The molecule has 0 amide bonds. The van der Waals surface area contributed by atoms with Crippen molar-refractivity contribution in [2.24, 2.45) is 0 Å². The Balaban J connectivity index is 1.77. The van der Waals surface area contributed by atoms with E-state index in [0.717, 1.165) is 11.3 Å². The number of thiophene rings is 1. The fraction of sp³-hybridized carbons (Fsp3) is 0. The molecule has 0 saturated carbocycles. The number of benzene rings is 1. The molecule has 2 N–H and O–H groups in total. The highest BCUT2D eigenvalue weighted by Crippen LogP contribution is 2.26. The van der Waals surface area contributed by atoms with E-state index in [0.29, 0.717) is 25.6 Å². The maximum atomic E-state index is 12.2. The van der Waals surface area contributed by atoms with Crippen LogP contribution in [0.4, 0.5) is 0 Å². The summed E-state index contributed by atoms with van der Waals surface area (Å²) in [5, 5.41) is 23.3. The minimum absolute atomic E-state index is 0.00474. The summed E-state index contributed by atoms with van der Waals surface area (Å²) in [6.07, 6.45) is 0. The Labute approximate surface area is 149 Å². The van der Waals surface area contributed by atoms with Crippen LogP contribution in [0.3, 0.4) is 0 Å². The Bertz CT molecular complexity index is 1140. The van der Waals surface area contributed by atoms with Gasteiger partial charge in [0.2, 0.25) is 5.82 Å². The summed E-state index contributed by atoms with van der Waals surface area (Å²) in [6, 6.07) is 9.65. The van der Waals surface area contributed by atoms with Gasteiger partial charge in [0.15, 0.2) is 0 Å². The zero-order valence-electron chi connectivity index (χ0n) is 12.3. The second kappa shape index (κ2) is 6.12. The highest BCUT2D eigenvalue weighted by atomic mass is 35.5.